The molecule has 4 rings (SSSR count). The highest BCUT2D eigenvalue weighted by Crippen LogP contribution is 2.29. The number of fused-ring (bicyclic) bond motifs is 2. The minimum atomic E-state index is -0.328. The first-order valence-electron chi connectivity index (χ1n) is 9.07. The molecule has 1 aliphatic rings. The highest BCUT2D eigenvalue weighted by Gasteiger charge is 2.17. The molecule has 3 aromatic rings. The van der Waals surface area contributed by atoms with E-state index in [1.807, 2.05) is 35.7 Å². The molecule has 1 aliphatic heterocycles. The second kappa shape index (κ2) is 9.83. The number of aromatic nitrogens is 3. The number of pyridine rings is 1. The summed E-state index contributed by atoms with van der Waals surface area (Å²) in [6.45, 7) is 3.89. The van der Waals surface area contributed by atoms with Gasteiger partial charge in [0.1, 0.15) is 11.6 Å². The molecule has 0 unspecified atom stereocenters. The minimum Gasteiger partial charge on any atom is -0.467 e. The fourth-order valence-corrected chi connectivity index (χ4v) is 3.05. The predicted molar refractivity (Wildman–Crippen MR) is 117 cm³/mol. The Balaban J connectivity index is 0.00000240. The molecule has 0 saturated heterocycles. The van der Waals surface area contributed by atoms with Crippen LogP contribution in [0.15, 0.2) is 41.5 Å². The summed E-state index contributed by atoms with van der Waals surface area (Å²) in [5, 5.41) is 14.8. The molecule has 0 saturated carbocycles. The molecule has 3 heterocycles. The fourth-order valence-electron chi connectivity index (χ4n) is 3.05. The molecule has 2 aromatic heterocycles. The largest absolute Gasteiger partial charge is 0.467 e. The Morgan fingerprint density at radius 1 is 1.28 bits per heavy atom. The molecule has 154 valence electrons. The van der Waals surface area contributed by atoms with E-state index in [9.17, 15) is 4.39 Å². The zero-order valence-corrected chi connectivity index (χ0v) is 18.2. The van der Waals surface area contributed by atoms with Crippen LogP contribution in [0, 0.1) is 5.82 Å². The number of halogens is 2. The van der Waals surface area contributed by atoms with Crippen molar-refractivity contribution < 1.29 is 13.9 Å². The maximum atomic E-state index is 13.9. The molecule has 29 heavy (non-hydrogen) atoms. The van der Waals surface area contributed by atoms with Crippen molar-refractivity contribution in [2.24, 2.45) is 4.99 Å². The first-order valence-corrected chi connectivity index (χ1v) is 9.07. The summed E-state index contributed by atoms with van der Waals surface area (Å²) >= 11 is 0. The molecule has 8 nitrogen and oxygen atoms in total. The van der Waals surface area contributed by atoms with Gasteiger partial charge in [0.05, 0.1) is 19.7 Å². The van der Waals surface area contributed by atoms with E-state index in [1.165, 1.54) is 12.1 Å². The first-order chi connectivity index (χ1) is 13.7. The van der Waals surface area contributed by atoms with Gasteiger partial charge in [0.2, 0.25) is 0 Å². The second-order valence-corrected chi connectivity index (χ2v) is 6.26. The van der Waals surface area contributed by atoms with Crippen molar-refractivity contribution in [1.82, 2.24) is 25.2 Å². The Morgan fingerprint density at radius 2 is 2.17 bits per heavy atom. The summed E-state index contributed by atoms with van der Waals surface area (Å²) in [4.78, 5) is 4.56. The molecule has 0 amide bonds. The molecule has 1 aromatic carbocycles. The van der Waals surface area contributed by atoms with Crippen LogP contribution in [0.2, 0.25) is 0 Å². The first kappa shape index (κ1) is 21.2. The van der Waals surface area contributed by atoms with Crippen molar-refractivity contribution in [1.29, 1.82) is 0 Å². The number of aliphatic imine (C=N–C) groups is 1. The van der Waals surface area contributed by atoms with E-state index in [2.05, 4.69) is 25.8 Å². The van der Waals surface area contributed by atoms with Crippen LogP contribution in [0.1, 0.15) is 23.9 Å². The summed E-state index contributed by atoms with van der Waals surface area (Å²) in [7, 11) is 0. The van der Waals surface area contributed by atoms with E-state index in [0.717, 1.165) is 11.5 Å². The van der Waals surface area contributed by atoms with Crippen LogP contribution < -0.4 is 15.4 Å². The number of hydrogen-bond donors (Lipinski definition) is 2. The lowest BCUT2D eigenvalue weighted by Crippen LogP contribution is -2.37. The Bertz CT molecular complexity index is 1010. The lowest BCUT2D eigenvalue weighted by atomic mass is 10.1. The van der Waals surface area contributed by atoms with Crippen LogP contribution in [-0.2, 0) is 24.4 Å². The van der Waals surface area contributed by atoms with Gasteiger partial charge in [-0.3, -0.25) is 4.40 Å². The van der Waals surface area contributed by atoms with Gasteiger partial charge in [-0.2, -0.15) is 0 Å². The van der Waals surface area contributed by atoms with Gasteiger partial charge in [0.25, 0.3) is 0 Å². The van der Waals surface area contributed by atoms with Gasteiger partial charge in [-0.05, 0) is 31.2 Å². The topological polar surface area (TPSA) is 85.1 Å². The lowest BCUT2D eigenvalue weighted by Gasteiger charge is -2.20. The lowest BCUT2D eigenvalue weighted by molar-refractivity contribution is -0.0172. The molecular formula is C19H22FIN6O2. The normalized spacial score (nSPS) is 13.4. The summed E-state index contributed by atoms with van der Waals surface area (Å²) in [6, 6.07) is 8.62. The molecule has 0 aliphatic carbocycles. The van der Waals surface area contributed by atoms with Crippen molar-refractivity contribution in [2.45, 2.75) is 26.6 Å². The number of nitrogens with one attached hydrogen (secondary N) is 2. The Kier molecular flexibility index (Phi) is 7.20. The summed E-state index contributed by atoms with van der Waals surface area (Å²) in [5.74, 6) is 1.69. The third-order valence-electron chi connectivity index (χ3n) is 4.30. The molecule has 10 heteroatoms. The molecule has 0 bridgehead atoms. The van der Waals surface area contributed by atoms with Gasteiger partial charge in [-0.1, -0.05) is 6.07 Å². The van der Waals surface area contributed by atoms with E-state index in [-0.39, 0.29) is 43.1 Å². The predicted octanol–water partition coefficient (Wildman–Crippen LogP) is 2.61. The number of guanidine groups is 1. The highest BCUT2D eigenvalue weighted by molar-refractivity contribution is 14.0. The van der Waals surface area contributed by atoms with Gasteiger partial charge >= 0.3 is 0 Å². The Labute approximate surface area is 184 Å². The molecule has 0 atom stereocenters. The van der Waals surface area contributed by atoms with Crippen molar-refractivity contribution in [3.05, 3.63) is 59.3 Å². The molecular weight excluding hydrogens is 490 g/mol. The van der Waals surface area contributed by atoms with Gasteiger partial charge in [-0.15, -0.1) is 34.2 Å². The number of rotatable bonds is 5. The molecule has 0 spiro atoms. The maximum absolute atomic E-state index is 13.9. The van der Waals surface area contributed by atoms with Gasteiger partial charge in [0.15, 0.2) is 24.2 Å². The van der Waals surface area contributed by atoms with Gasteiger partial charge in [-0.25, -0.2) is 9.38 Å². The standard InChI is InChI=1S/C19H21FN6O2.HI/c1-2-21-19(23-10-17-25-24-16-5-3-4-6-26(16)17)22-9-13-7-15(20)8-14-11-27-12-28-18(13)14;/h3-8H,2,9-12H2,1H3,(H2,21,22,23);1H. The van der Waals surface area contributed by atoms with Crippen LogP contribution in [-0.4, -0.2) is 33.9 Å². The Morgan fingerprint density at radius 3 is 3.03 bits per heavy atom. The van der Waals surface area contributed by atoms with E-state index in [4.69, 9.17) is 9.47 Å². The average Bonchev–Trinajstić information content (AvgIpc) is 3.13. The summed E-state index contributed by atoms with van der Waals surface area (Å²) in [5.41, 5.74) is 2.17. The number of benzene rings is 1. The summed E-state index contributed by atoms with van der Waals surface area (Å²) < 4.78 is 26.6. The minimum absolute atomic E-state index is 0. The van der Waals surface area contributed by atoms with E-state index >= 15 is 0 Å². The monoisotopic (exact) mass is 512 g/mol. The maximum Gasteiger partial charge on any atom is 0.191 e. The molecule has 0 fully saturated rings. The van der Waals surface area contributed by atoms with Crippen molar-refractivity contribution >= 4 is 35.6 Å². The van der Waals surface area contributed by atoms with Gasteiger partial charge in [0, 0.05) is 23.9 Å². The van der Waals surface area contributed by atoms with Crippen molar-refractivity contribution in [3.8, 4) is 5.75 Å². The smallest absolute Gasteiger partial charge is 0.191 e. The SMILES string of the molecule is CCNC(=NCc1cc(F)cc2c1OCOC2)NCc1nnc2ccccn12.I. The number of nitrogens with zero attached hydrogens (tertiary/aromatic N) is 4. The van der Waals surface area contributed by atoms with Crippen molar-refractivity contribution in [3.63, 3.8) is 0 Å². The van der Waals surface area contributed by atoms with Crippen LogP contribution in [0.4, 0.5) is 4.39 Å². The highest BCUT2D eigenvalue weighted by atomic mass is 127. The van der Waals surface area contributed by atoms with Crippen molar-refractivity contribution in [2.75, 3.05) is 13.3 Å². The molecule has 2 N–H and O–H groups in total. The fraction of sp³-hybridized carbons (Fsp3) is 0.316. The summed E-state index contributed by atoms with van der Waals surface area (Å²) in [6.07, 6.45) is 1.91. The van der Waals surface area contributed by atoms with E-state index in [0.29, 0.717) is 42.5 Å². The zero-order valence-electron chi connectivity index (χ0n) is 15.9. The second-order valence-electron chi connectivity index (χ2n) is 6.26. The zero-order chi connectivity index (χ0) is 19.3. The van der Waals surface area contributed by atoms with Crippen LogP contribution in [0.5, 0.6) is 5.75 Å². The van der Waals surface area contributed by atoms with Gasteiger partial charge < -0.3 is 20.1 Å². The third-order valence-corrected chi connectivity index (χ3v) is 4.30. The average molecular weight is 512 g/mol. The third kappa shape index (κ3) is 4.93. The van der Waals surface area contributed by atoms with E-state index in [1.54, 1.807) is 0 Å². The van der Waals surface area contributed by atoms with Crippen LogP contribution in [0.3, 0.4) is 0 Å². The number of hydrogen-bond acceptors (Lipinski definition) is 5. The Hall–Kier alpha value is -2.47. The molecule has 0 radical (unpaired) electrons. The quantitative estimate of drug-likeness (QED) is 0.311. The number of ether oxygens (including phenoxy) is 2. The van der Waals surface area contributed by atoms with Crippen LogP contribution in [0.25, 0.3) is 5.65 Å². The van der Waals surface area contributed by atoms with E-state index < -0.39 is 0 Å². The van der Waals surface area contributed by atoms with Crippen LogP contribution >= 0.6 is 24.0 Å².